The number of nitrogens with one attached hydrogen (secondary N) is 2. The Kier molecular flexibility index (Phi) is 5.74. The first-order valence-electron chi connectivity index (χ1n) is 11.4. The Morgan fingerprint density at radius 2 is 1.80 bits per heavy atom. The SMILES string of the molecule is CC[C@@H](C(=O)Nc1cc(C)nn1-c1nc2c(cnn2-c2ccc(C)cc2)c(=O)[nH]1)c1ccccc1. The van der Waals surface area contributed by atoms with E-state index in [0.29, 0.717) is 29.0 Å². The Morgan fingerprint density at radius 3 is 2.51 bits per heavy atom. The fourth-order valence-electron chi connectivity index (χ4n) is 4.10. The highest BCUT2D eigenvalue weighted by atomic mass is 16.2. The van der Waals surface area contributed by atoms with Gasteiger partial charge < -0.3 is 5.32 Å². The van der Waals surface area contributed by atoms with Crippen LogP contribution in [0.5, 0.6) is 0 Å². The van der Waals surface area contributed by atoms with Gasteiger partial charge in [0, 0.05) is 6.07 Å². The molecule has 0 saturated carbocycles. The van der Waals surface area contributed by atoms with Crippen molar-refractivity contribution in [3.63, 3.8) is 0 Å². The van der Waals surface area contributed by atoms with Crippen LogP contribution in [-0.2, 0) is 4.79 Å². The number of amides is 1. The quantitative estimate of drug-likeness (QED) is 0.392. The first-order valence-corrected chi connectivity index (χ1v) is 11.4. The zero-order chi connectivity index (χ0) is 24.5. The van der Waals surface area contributed by atoms with Crippen molar-refractivity contribution < 1.29 is 4.79 Å². The summed E-state index contributed by atoms with van der Waals surface area (Å²) in [5, 5.41) is 12.2. The summed E-state index contributed by atoms with van der Waals surface area (Å²) in [4.78, 5) is 33.5. The zero-order valence-electron chi connectivity index (χ0n) is 19.7. The minimum absolute atomic E-state index is 0.159. The van der Waals surface area contributed by atoms with Gasteiger partial charge >= 0.3 is 0 Å². The van der Waals surface area contributed by atoms with Crippen molar-refractivity contribution in [2.75, 3.05) is 5.32 Å². The number of fused-ring (bicyclic) bond motifs is 1. The van der Waals surface area contributed by atoms with Crippen LogP contribution in [0, 0.1) is 13.8 Å². The maximum Gasteiger partial charge on any atom is 0.263 e. The molecule has 9 heteroatoms. The number of anilines is 1. The number of hydrogen-bond donors (Lipinski definition) is 2. The van der Waals surface area contributed by atoms with Crippen molar-refractivity contribution in [3.05, 3.63) is 94.0 Å². The number of nitrogens with zero attached hydrogens (tertiary/aromatic N) is 5. The number of aryl methyl sites for hydroxylation is 2. The summed E-state index contributed by atoms with van der Waals surface area (Å²) in [6.07, 6.45) is 2.13. The Balaban J connectivity index is 1.55. The van der Waals surface area contributed by atoms with Crippen molar-refractivity contribution in [2.24, 2.45) is 0 Å². The second kappa shape index (κ2) is 9.02. The third kappa shape index (κ3) is 4.23. The minimum atomic E-state index is -0.343. The minimum Gasteiger partial charge on any atom is -0.310 e. The highest BCUT2D eigenvalue weighted by Gasteiger charge is 2.22. The molecule has 1 atom stereocenters. The molecule has 0 aliphatic carbocycles. The van der Waals surface area contributed by atoms with Gasteiger partial charge in [-0.05, 0) is 38.0 Å². The smallest absolute Gasteiger partial charge is 0.263 e. The number of aromatic nitrogens is 6. The number of carbonyl (C=O) groups excluding carboxylic acids is 1. The first-order chi connectivity index (χ1) is 16.9. The molecule has 0 unspecified atom stereocenters. The average molecular weight is 468 g/mol. The second-order valence-electron chi connectivity index (χ2n) is 8.46. The standard InChI is InChI=1S/C26H25N7O2/c1-4-20(18-8-6-5-7-9-18)24(34)28-22-14-17(3)31-33(22)26-29-23-21(25(35)30-26)15-27-32(23)19-12-10-16(2)11-13-19/h5-15,20H,4H2,1-3H3,(H,28,34)(H,29,30,35)/t20-/m1/s1. The van der Waals surface area contributed by atoms with Gasteiger partial charge in [-0.1, -0.05) is 55.0 Å². The molecule has 0 fully saturated rings. The van der Waals surface area contributed by atoms with E-state index in [2.05, 4.69) is 25.5 Å². The Labute approximate surface area is 201 Å². The zero-order valence-corrected chi connectivity index (χ0v) is 19.7. The molecule has 9 nitrogen and oxygen atoms in total. The van der Waals surface area contributed by atoms with Gasteiger partial charge in [-0.2, -0.15) is 19.9 Å². The molecule has 3 aromatic heterocycles. The molecule has 2 N–H and O–H groups in total. The largest absolute Gasteiger partial charge is 0.310 e. The molecule has 5 aromatic rings. The van der Waals surface area contributed by atoms with Gasteiger partial charge in [0.1, 0.15) is 11.2 Å². The summed E-state index contributed by atoms with van der Waals surface area (Å²) in [6.45, 7) is 5.79. The highest BCUT2D eigenvalue weighted by molar-refractivity contribution is 5.95. The summed E-state index contributed by atoms with van der Waals surface area (Å²) in [7, 11) is 0. The van der Waals surface area contributed by atoms with Crippen LogP contribution in [0.3, 0.4) is 0 Å². The van der Waals surface area contributed by atoms with Gasteiger partial charge in [-0.3, -0.25) is 14.6 Å². The van der Waals surface area contributed by atoms with Crippen LogP contribution >= 0.6 is 0 Å². The molecule has 1 amide bonds. The van der Waals surface area contributed by atoms with Crippen molar-refractivity contribution in [2.45, 2.75) is 33.1 Å². The van der Waals surface area contributed by atoms with Crippen LogP contribution in [0.2, 0.25) is 0 Å². The molecule has 0 aliphatic rings. The molecule has 35 heavy (non-hydrogen) atoms. The lowest BCUT2D eigenvalue weighted by Gasteiger charge is -2.16. The number of aromatic amines is 1. The van der Waals surface area contributed by atoms with E-state index in [1.807, 2.05) is 75.4 Å². The second-order valence-corrected chi connectivity index (χ2v) is 8.46. The highest BCUT2D eigenvalue weighted by Crippen LogP contribution is 2.23. The Morgan fingerprint density at radius 1 is 1.06 bits per heavy atom. The van der Waals surface area contributed by atoms with Gasteiger partial charge in [0.2, 0.25) is 11.9 Å². The maximum absolute atomic E-state index is 13.2. The molecule has 3 heterocycles. The van der Waals surface area contributed by atoms with Crippen LogP contribution in [0.15, 0.2) is 71.7 Å². The molecular formula is C26H25N7O2. The topological polar surface area (TPSA) is 110 Å². The van der Waals surface area contributed by atoms with E-state index in [4.69, 9.17) is 0 Å². The fraction of sp³-hybridized carbons (Fsp3) is 0.192. The van der Waals surface area contributed by atoms with Crippen LogP contribution in [-0.4, -0.2) is 35.4 Å². The molecule has 0 radical (unpaired) electrons. The van der Waals surface area contributed by atoms with Crippen LogP contribution in [0.25, 0.3) is 22.7 Å². The summed E-state index contributed by atoms with van der Waals surface area (Å²) in [5.74, 6) is 0.128. The Bertz CT molecular complexity index is 1560. The molecule has 176 valence electrons. The number of benzene rings is 2. The van der Waals surface area contributed by atoms with E-state index in [1.165, 1.54) is 10.9 Å². The van der Waals surface area contributed by atoms with E-state index >= 15 is 0 Å². The molecule has 0 aliphatic heterocycles. The van der Waals surface area contributed by atoms with E-state index in [0.717, 1.165) is 16.8 Å². The number of rotatable bonds is 6. The van der Waals surface area contributed by atoms with E-state index in [9.17, 15) is 9.59 Å². The van der Waals surface area contributed by atoms with Crippen molar-refractivity contribution >= 4 is 22.8 Å². The van der Waals surface area contributed by atoms with Crippen molar-refractivity contribution in [1.82, 2.24) is 29.5 Å². The molecule has 0 bridgehead atoms. The van der Waals surface area contributed by atoms with Crippen LogP contribution in [0.4, 0.5) is 5.82 Å². The monoisotopic (exact) mass is 467 g/mol. The molecule has 5 rings (SSSR count). The van der Waals surface area contributed by atoms with Gasteiger partial charge in [-0.25, -0.2) is 4.68 Å². The molecule has 2 aromatic carbocycles. The van der Waals surface area contributed by atoms with Crippen LogP contribution in [0.1, 0.15) is 36.1 Å². The number of carbonyl (C=O) groups is 1. The molecule has 0 spiro atoms. The average Bonchev–Trinajstić information content (AvgIpc) is 3.44. The summed E-state index contributed by atoms with van der Waals surface area (Å²) in [5.41, 5.74) is 3.56. The van der Waals surface area contributed by atoms with Crippen molar-refractivity contribution in [1.29, 1.82) is 0 Å². The van der Waals surface area contributed by atoms with E-state index in [1.54, 1.807) is 10.7 Å². The predicted molar refractivity (Wildman–Crippen MR) is 134 cm³/mol. The van der Waals surface area contributed by atoms with Crippen LogP contribution < -0.4 is 10.9 Å². The lowest BCUT2D eigenvalue weighted by atomic mass is 9.96. The first kappa shape index (κ1) is 22.3. The molecular weight excluding hydrogens is 442 g/mol. The van der Waals surface area contributed by atoms with E-state index in [-0.39, 0.29) is 23.3 Å². The molecule has 0 saturated heterocycles. The van der Waals surface area contributed by atoms with Crippen molar-refractivity contribution in [3.8, 4) is 11.6 Å². The normalized spacial score (nSPS) is 12.1. The number of hydrogen-bond acceptors (Lipinski definition) is 5. The summed E-state index contributed by atoms with van der Waals surface area (Å²) >= 11 is 0. The lowest BCUT2D eigenvalue weighted by Crippen LogP contribution is -2.23. The summed E-state index contributed by atoms with van der Waals surface area (Å²) in [6, 6.07) is 19.2. The number of H-pyrrole nitrogens is 1. The van der Waals surface area contributed by atoms with E-state index < -0.39 is 0 Å². The third-order valence-corrected chi connectivity index (χ3v) is 5.91. The maximum atomic E-state index is 13.2. The van der Waals surface area contributed by atoms with Gasteiger partial charge in [0.05, 0.1) is 23.5 Å². The Hall–Kier alpha value is -4.53. The van der Waals surface area contributed by atoms with Gasteiger partial charge in [0.15, 0.2) is 5.65 Å². The lowest BCUT2D eigenvalue weighted by molar-refractivity contribution is -0.117. The summed E-state index contributed by atoms with van der Waals surface area (Å²) < 4.78 is 3.06. The fourth-order valence-corrected chi connectivity index (χ4v) is 4.10. The predicted octanol–water partition coefficient (Wildman–Crippen LogP) is 4.04. The van der Waals surface area contributed by atoms with Gasteiger partial charge in [-0.15, -0.1) is 0 Å². The van der Waals surface area contributed by atoms with Gasteiger partial charge in [0.25, 0.3) is 5.56 Å². The third-order valence-electron chi connectivity index (χ3n) is 5.91.